The Balaban J connectivity index is 1.41. The molecule has 136 valence electrons. The number of rotatable bonds is 7. The fourth-order valence-electron chi connectivity index (χ4n) is 2.89. The smallest absolute Gasteiger partial charge is 0.319 e. The van der Waals surface area contributed by atoms with Crippen LogP contribution in [0.2, 0.25) is 5.02 Å². The maximum absolute atomic E-state index is 12.0. The Hall–Kier alpha value is -1.40. The summed E-state index contributed by atoms with van der Waals surface area (Å²) in [4.78, 5) is 24.0. The third-order valence-electron chi connectivity index (χ3n) is 4.43. The molecule has 5 nitrogen and oxygen atoms in total. The highest BCUT2D eigenvalue weighted by Gasteiger charge is 2.24. The summed E-state index contributed by atoms with van der Waals surface area (Å²) >= 11 is 8.12. The number of amides is 3. The van der Waals surface area contributed by atoms with Crippen molar-refractivity contribution in [2.75, 3.05) is 17.6 Å². The lowest BCUT2D eigenvalue weighted by Crippen LogP contribution is -2.31. The summed E-state index contributed by atoms with van der Waals surface area (Å²) in [5, 5.41) is 9.61. The van der Waals surface area contributed by atoms with Crippen molar-refractivity contribution in [3.8, 4) is 0 Å². The van der Waals surface area contributed by atoms with E-state index in [0.717, 1.165) is 23.8 Å². The molecule has 25 heavy (non-hydrogen) atoms. The van der Waals surface area contributed by atoms with E-state index in [9.17, 15) is 9.59 Å². The second kappa shape index (κ2) is 8.81. The Kier molecular flexibility index (Phi) is 6.48. The van der Waals surface area contributed by atoms with Crippen LogP contribution in [-0.2, 0) is 0 Å². The van der Waals surface area contributed by atoms with Crippen molar-refractivity contribution in [2.24, 2.45) is 0 Å². The molecule has 3 amide bonds. The van der Waals surface area contributed by atoms with Crippen molar-refractivity contribution >= 4 is 41.0 Å². The molecule has 0 unspecified atom stereocenters. The van der Waals surface area contributed by atoms with Gasteiger partial charge in [0.25, 0.3) is 5.91 Å². The number of hydrogen-bond donors (Lipinski definition) is 3. The third-order valence-corrected chi connectivity index (χ3v) is 6.12. The summed E-state index contributed by atoms with van der Waals surface area (Å²) in [5.74, 6) is 0.770. The Morgan fingerprint density at radius 2 is 1.92 bits per heavy atom. The van der Waals surface area contributed by atoms with Crippen LogP contribution in [-0.4, -0.2) is 35.5 Å². The molecular formula is C18H24ClN3O2S. The number of hydrogen-bond acceptors (Lipinski definition) is 3. The summed E-state index contributed by atoms with van der Waals surface area (Å²) in [6.45, 7) is 0.641. The highest BCUT2D eigenvalue weighted by atomic mass is 35.5. The molecule has 0 saturated heterocycles. The Labute approximate surface area is 157 Å². The van der Waals surface area contributed by atoms with Crippen LogP contribution in [0.1, 0.15) is 48.9 Å². The SMILES string of the molecule is O=C(NCCSC1CCCC1)Nc1ccc(C(=O)NC2CC2)c(Cl)c1. The predicted molar refractivity (Wildman–Crippen MR) is 104 cm³/mol. The molecule has 0 radical (unpaired) electrons. The van der Waals surface area contributed by atoms with E-state index in [0.29, 0.717) is 22.8 Å². The number of urea groups is 1. The predicted octanol–water partition coefficient (Wildman–Crippen LogP) is 4.03. The molecule has 3 N–H and O–H groups in total. The molecule has 0 spiro atoms. The normalized spacial score (nSPS) is 17.3. The van der Waals surface area contributed by atoms with E-state index in [1.54, 1.807) is 18.2 Å². The van der Waals surface area contributed by atoms with Crippen LogP contribution in [0.5, 0.6) is 0 Å². The van der Waals surface area contributed by atoms with Gasteiger partial charge in [-0.3, -0.25) is 4.79 Å². The van der Waals surface area contributed by atoms with Crippen molar-refractivity contribution in [3.05, 3.63) is 28.8 Å². The molecule has 2 fully saturated rings. The summed E-state index contributed by atoms with van der Waals surface area (Å²) in [6, 6.07) is 4.98. The third kappa shape index (κ3) is 5.82. The zero-order valence-electron chi connectivity index (χ0n) is 14.1. The topological polar surface area (TPSA) is 70.2 Å². The van der Waals surface area contributed by atoms with Gasteiger partial charge in [0.15, 0.2) is 0 Å². The lowest BCUT2D eigenvalue weighted by Gasteiger charge is -2.11. The van der Waals surface area contributed by atoms with Crippen LogP contribution in [0, 0.1) is 0 Å². The molecule has 2 saturated carbocycles. The Morgan fingerprint density at radius 1 is 1.16 bits per heavy atom. The van der Waals surface area contributed by atoms with E-state index in [-0.39, 0.29) is 18.0 Å². The minimum absolute atomic E-state index is 0.160. The fourth-order valence-corrected chi connectivity index (χ4v) is 4.37. The number of anilines is 1. The van der Waals surface area contributed by atoms with Crippen LogP contribution < -0.4 is 16.0 Å². The molecular weight excluding hydrogens is 358 g/mol. The zero-order chi connectivity index (χ0) is 17.6. The Morgan fingerprint density at radius 3 is 2.60 bits per heavy atom. The molecule has 0 aromatic heterocycles. The number of carbonyl (C=O) groups excluding carboxylic acids is 2. The van der Waals surface area contributed by atoms with E-state index < -0.39 is 0 Å². The zero-order valence-corrected chi connectivity index (χ0v) is 15.7. The Bertz CT molecular complexity index is 631. The van der Waals surface area contributed by atoms with Crippen LogP contribution >= 0.6 is 23.4 Å². The van der Waals surface area contributed by atoms with Crippen molar-refractivity contribution < 1.29 is 9.59 Å². The van der Waals surface area contributed by atoms with Gasteiger partial charge in [-0.05, 0) is 43.9 Å². The molecule has 0 bridgehead atoms. The molecule has 0 aliphatic heterocycles. The molecule has 1 aromatic rings. The molecule has 0 heterocycles. The monoisotopic (exact) mass is 381 g/mol. The van der Waals surface area contributed by atoms with Gasteiger partial charge >= 0.3 is 6.03 Å². The van der Waals surface area contributed by atoms with Gasteiger partial charge in [0.1, 0.15) is 0 Å². The molecule has 2 aliphatic carbocycles. The maximum Gasteiger partial charge on any atom is 0.319 e. The second-order valence-corrected chi connectivity index (χ2v) is 8.42. The van der Waals surface area contributed by atoms with Gasteiger partial charge in [0, 0.05) is 29.3 Å². The standard InChI is InChI=1S/C18H24ClN3O2S/c19-16-11-13(7-8-15(16)17(23)21-12-5-6-12)22-18(24)20-9-10-25-14-3-1-2-4-14/h7-8,11-12,14H,1-6,9-10H2,(H,21,23)(H2,20,22,24). The first-order valence-electron chi connectivity index (χ1n) is 8.88. The second-order valence-electron chi connectivity index (χ2n) is 6.60. The average Bonchev–Trinajstić information content (AvgIpc) is 3.23. The summed E-state index contributed by atoms with van der Waals surface area (Å²) in [5.41, 5.74) is 1.02. The van der Waals surface area contributed by atoms with Gasteiger partial charge in [-0.1, -0.05) is 24.4 Å². The quantitative estimate of drug-likeness (QED) is 0.624. The number of benzene rings is 1. The number of thioether (sulfide) groups is 1. The van der Waals surface area contributed by atoms with E-state index in [2.05, 4.69) is 16.0 Å². The van der Waals surface area contributed by atoms with Gasteiger partial charge in [-0.2, -0.15) is 11.8 Å². The molecule has 0 atom stereocenters. The van der Waals surface area contributed by atoms with Crippen LogP contribution in [0.3, 0.4) is 0 Å². The van der Waals surface area contributed by atoms with Crippen LogP contribution in [0.4, 0.5) is 10.5 Å². The fraction of sp³-hybridized carbons (Fsp3) is 0.556. The lowest BCUT2D eigenvalue weighted by atomic mass is 10.2. The minimum atomic E-state index is -0.252. The number of nitrogens with one attached hydrogen (secondary N) is 3. The van der Waals surface area contributed by atoms with Crippen LogP contribution in [0.15, 0.2) is 18.2 Å². The van der Waals surface area contributed by atoms with Crippen molar-refractivity contribution in [3.63, 3.8) is 0 Å². The van der Waals surface area contributed by atoms with Gasteiger partial charge in [-0.15, -0.1) is 0 Å². The minimum Gasteiger partial charge on any atom is -0.349 e. The van der Waals surface area contributed by atoms with E-state index >= 15 is 0 Å². The summed E-state index contributed by atoms with van der Waals surface area (Å²) in [6.07, 6.45) is 7.33. The van der Waals surface area contributed by atoms with Gasteiger partial charge < -0.3 is 16.0 Å². The summed E-state index contributed by atoms with van der Waals surface area (Å²) < 4.78 is 0. The summed E-state index contributed by atoms with van der Waals surface area (Å²) in [7, 11) is 0. The number of halogens is 1. The highest BCUT2D eigenvalue weighted by molar-refractivity contribution is 7.99. The van der Waals surface area contributed by atoms with Crippen molar-refractivity contribution in [1.29, 1.82) is 0 Å². The van der Waals surface area contributed by atoms with E-state index in [1.807, 2.05) is 11.8 Å². The first kappa shape index (κ1) is 18.4. The maximum atomic E-state index is 12.0. The van der Waals surface area contributed by atoms with Crippen LogP contribution in [0.25, 0.3) is 0 Å². The molecule has 1 aromatic carbocycles. The largest absolute Gasteiger partial charge is 0.349 e. The first-order chi connectivity index (χ1) is 12.1. The first-order valence-corrected chi connectivity index (χ1v) is 10.3. The average molecular weight is 382 g/mol. The van der Waals surface area contributed by atoms with E-state index in [1.165, 1.54) is 25.7 Å². The van der Waals surface area contributed by atoms with Crippen molar-refractivity contribution in [1.82, 2.24) is 10.6 Å². The van der Waals surface area contributed by atoms with Gasteiger partial charge in [0.2, 0.25) is 0 Å². The molecule has 3 rings (SSSR count). The molecule has 2 aliphatic rings. The van der Waals surface area contributed by atoms with Crippen molar-refractivity contribution in [2.45, 2.75) is 49.8 Å². The number of carbonyl (C=O) groups is 2. The lowest BCUT2D eigenvalue weighted by molar-refractivity contribution is 0.0951. The van der Waals surface area contributed by atoms with Gasteiger partial charge in [0.05, 0.1) is 10.6 Å². The highest BCUT2D eigenvalue weighted by Crippen LogP contribution is 2.29. The van der Waals surface area contributed by atoms with Gasteiger partial charge in [-0.25, -0.2) is 4.79 Å². The van der Waals surface area contributed by atoms with E-state index in [4.69, 9.17) is 11.6 Å². The molecule has 7 heteroatoms.